The van der Waals surface area contributed by atoms with E-state index in [1.54, 1.807) is 0 Å². The molecule has 0 unspecified atom stereocenters. The van der Waals surface area contributed by atoms with E-state index in [2.05, 4.69) is 31.2 Å². The third kappa shape index (κ3) is 8.81. The van der Waals surface area contributed by atoms with Crippen molar-refractivity contribution in [2.45, 2.75) is 122 Å². The molecule has 2 aromatic rings. The summed E-state index contributed by atoms with van der Waals surface area (Å²) in [5, 5.41) is -0.418. The second-order valence-corrected chi connectivity index (χ2v) is 12.5. The van der Waals surface area contributed by atoms with Gasteiger partial charge in [-0.3, -0.25) is 0 Å². The SMILES string of the molecule is CCCCCC[C@H]1CC[C@H](CC[C@H]2CC[C@H](c3ccc(CCc4cc(F)c(Cl)c(F)c4)cc3)CC2)CC1. The minimum atomic E-state index is -0.678. The third-order valence-electron chi connectivity index (χ3n) is 9.46. The van der Waals surface area contributed by atoms with Crippen molar-refractivity contribution in [3.05, 3.63) is 69.7 Å². The van der Waals surface area contributed by atoms with E-state index in [1.807, 2.05) is 0 Å². The number of halogens is 3. The van der Waals surface area contributed by atoms with Crippen LogP contribution in [0.5, 0.6) is 0 Å². The van der Waals surface area contributed by atoms with Gasteiger partial charge in [0.15, 0.2) is 0 Å². The Hall–Kier alpha value is -1.41. The summed E-state index contributed by atoms with van der Waals surface area (Å²) in [6, 6.07) is 11.7. The zero-order valence-corrected chi connectivity index (χ0v) is 23.7. The van der Waals surface area contributed by atoms with Crippen molar-refractivity contribution in [3.8, 4) is 0 Å². The van der Waals surface area contributed by atoms with Gasteiger partial charge in [-0.2, -0.15) is 0 Å². The molecule has 0 saturated heterocycles. The van der Waals surface area contributed by atoms with Gasteiger partial charge in [0.2, 0.25) is 0 Å². The van der Waals surface area contributed by atoms with Crippen LogP contribution in [0.25, 0.3) is 0 Å². The monoisotopic (exact) mass is 528 g/mol. The van der Waals surface area contributed by atoms with Crippen LogP contribution >= 0.6 is 11.6 Å². The molecular formula is C34H47ClF2. The minimum absolute atomic E-state index is 0.418. The Morgan fingerprint density at radius 3 is 1.73 bits per heavy atom. The maximum atomic E-state index is 13.7. The molecule has 0 atom stereocenters. The van der Waals surface area contributed by atoms with Gasteiger partial charge in [0, 0.05) is 0 Å². The molecule has 0 aromatic heterocycles. The molecule has 2 saturated carbocycles. The Morgan fingerprint density at radius 1 is 0.649 bits per heavy atom. The summed E-state index contributed by atoms with van der Waals surface area (Å²) in [5.41, 5.74) is 3.32. The van der Waals surface area contributed by atoms with Crippen molar-refractivity contribution in [2.24, 2.45) is 17.8 Å². The molecule has 0 bridgehead atoms. The molecule has 2 aliphatic carbocycles. The number of benzene rings is 2. The maximum absolute atomic E-state index is 13.7. The number of unbranched alkanes of at least 4 members (excludes halogenated alkanes) is 3. The molecule has 2 aromatic carbocycles. The van der Waals surface area contributed by atoms with Crippen molar-refractivity contribution in [2.75, 3.05) is 0 Å². The normalized spacial score (nSPS) is 24.3. The van der Waals surface area contributed by atoms with Gasteiger partial charge in [-0.1, -0.05) is 113 Å². The molecule has 0 radical (unpaired) electrons. The molecule has 37 heavy (non-hydrogen) atoms. The molecule has 2 fully saturated rings. The lowest BCUT2D eigenvalue weighted by molar-refractivity contribution is 0.222. The van der Waals surface area contributed by atoms with Crippen molar-refractivity contribution < 1.29 is 8.78 Å². The highest BCUT2D eigenvalue weighted by atomic mass is 35.5. The Labute approximate surface area is 229 Å². The van der Waals surface area contributed by atoms with Crippen LogP contribution in [0.4, 0.5) is 8.78 Å². The van der Waals surface area contributed by atoms with Crippen LogP contribution in [0.15, 0.2) is 36.4 Å². The lowest BCUT2D eigenvalue weighted by Gasteiger charge is -2.32. The molecule has 204 valence electrons. The highest BCUT2D eigenvalue weighted by Crippen LogP contribution is 2.40. The number of hydrogen-bond donors (Lipinski definition) is 0. The Kier molecular flexibility index (Phi) is 11.3. The smallest absolute Gasteiger partial charge is 0.145 e. The van der Waals surface area contributed by atoms with Gasteiger partial charge in [-0.25, -0.2) is 8.78 Å². The topological polar surface area (TPSA) is 0 Å². The Balaban J connectivity index is 1.12. The first kappa shape index (κ1) is 28.6. The molecule has 4 rings (SSSR count). The molecule has 3 heteroatoms. The molecular weight excluding hydrogens is 482 g/mol. The molecule has 0 heterocycles. The van der Waals surface area contributed by atoms with Crippen molar-refractivity contribution in [3.63, 3.8) is 0 Å². The predicted molar refractivity (Wildman–Crippen MR) is 153 cm³/mol. The van der Waals surface area contributed by atoms with E-state index in [1.165, 1.54) is 120 Å². The third-order valence-corrected chi connectivity index (χ3v) is 9.82. The summed E-state index contributed by atoms with van der Waals surface area (Å²) >= 11 is 5.60. The number of rotatable bonds is 12. The van der Waals surface area contributed by atoms with E-state index >= 15 is 0 Å². The Morgan fingerprint density at radius 2 is 1.16 bits per heavy atom. The molecule has 0 nitrogen and oxygen atoms in total. The molecule has 0 spiro atoms. The minimum Gasteiger partial charge on any atom is -0.205 e. The van der Waals surface area contributed by atoms with Gasteiger partial charge in [-0.05, 0) is 91.0 Å². The van der Waals surface area contributed by atoms with Crippen LogP contribution < -0.4 is 0 Å². The molecule has 2 aliphatic rings. The summed E-state index contributed by atoms with van der Waals surface area (Å²) in [4.78, 5) is 0. The number of hydrogen-bond acceptors (Lipinski definition) is 0. The van der Waals surface area contributed by atoms with Crippen LogP contribution in [0.3, 0.4) is 0 Å². The summed E-state index contributed by atoms with van der Waals surface area (Å²) in [6.45, 7) is 2.30. The first-order valence-electron chi connectivity index (χ1n) is 15.2. The average molecular weight is 529 g/mol. The van der Waals surface area contributed by atoms with Gasteiger partial charge >= 0.3 is 0 Å². The highest BCUT2D eigenvalue weighted by molar-refractivity contribution is 6.30. The van der Waals surface area contributed by atoms with E-state index in [0.29, 0.717) is 17.9 Å². The fourth-order valence-electron chi connectivity index (χ4n) is 6.92. The zero-order chi connectivity index (χ0) is 26.0. The van der Waals surface area contributed by atoms with Crippen LogP contribution in [0.1, 0.15) is 126 Å². The Bertz CT molecular complexity index is 914. The van der Waals surface area contributed by atoms with Crippen LogP contribution in [-0.4, -0.2) is 0 Å². The van der Waals surface area contributed by atoms with E-state index in [9.17, 15) is 8.78 Å². The van der Waals surface area contributed by atoms with Crippen molar-refractivity contribution in [1.82, 2.24) is 0 Å². The van der Waals surface area contributed by atoms with Crippen LogP contribution in [0.2, 0.25) is 5.02 Å². The van der Waals surface area contributed by atoms with Gasteiger partial charge in [0.25, 0.3) is 0 Å². The molecule has 0 amide bonds. The van der Waals surface area contributed by atoms with Crippen LogP contribution in [0, 0.1) is 29.4 Å². The lowest BCUT2D eigenvalue weighted by Crippen LogP contribution is -2.18. The highest BCUT2D eigenvalue weighted by Gasteiger charge is 2.25. The second kappa shape index (κ2) is 14.7. The predicted octanol–water partition coefficient (Wildman–Crippen LogP) is 11.2. The summed E-state index contributed by atoms with van der Waals surface area (Å²) in [5.74, 6) is 2.29. The van der Waals surface area contributed by atoms with Gasteiger partial charge in [-0.15, -0.1) is 0 Å². The van der Waals surface area contributed by atoms with Crippen LogP contribution in [-0.2, 0) is 12.8 Å². The standard InChI is InChI=1S/C34H47ClF2/c1-2-3-4-5-6-25-7-9-26(10-8-25)11-12-27-15-19-30(20-16-27)31-21-17-28(18-22-31)13-14-29-23-32(36)34(35)33(37)24-29/h17-18,21-27,30H,2-16,19-20H2,1H3/t25-,26-,27-,30-. The van der Waals surface area contributed by atoms with E-state index in [0.717, 1.165) is 24.2 Å². The zero-order valence-electron chi connectivity index (χ0n) is 22.9. The largest absolute Gasteiger partial charge is 0.205 e. The van der Waals surface area contributed by atoms with Gasteiger partial charge in [0.1, 0.15) is 16.7 Å². The summed E-state index contributed by atoms with van der Waals surface area (Å²) < 4.78 is 27.4. The summed E-state index contributed by atoms with van der Waals surface area (Å²) in [6.07, 6.45) is 22.8. The van der Waals surface area contributed by atoms with E-state index in [4.69, 9.17) is 11.6 Å². The second-order valence-electron chi connectivity index (χ2n) is 12.1. The van der Waals surface area contributed by atoms with Gasteiger partial charge < -0.3 is 0 Å². The van der Waals surface area contributed by atoms with Crippen molar-refractivity contribution in [1.29, 1.82) is 0 Å². The van der Waals surface area contributed by atoms with E-state index in [-0.39, 0.29) is 0 Å². The van der Waals surface area contributed by atoms with Gasteiger partial charge in [0.05, 0.1) is 0 Å². The van der Waals surface area contributed by atoms with Crippen molar-refractivity contribution >= 4 is 11.6 Å². The quantitative estimate of drug-likeness (QED) is 0.190. The molecule has 0 aliphatic heterocycles. The molecule has 0 N–H and O–H groups in total. The van der Waals surface area contributed by atoms with E-state index < -0.39 is 16.7 Å². The maximum Gasteiger partial charge on any atom is 0.145 e. The first-order chi connectivity index (χ1) is 18.0. The number of aryl methyl sites for hydroxylation is 2. The average Bonchev–Trinajstić information content (AvgIpc) is 2.93. The lowest BCUT2D eigenvalue weighted by atomic mass is 9.74. The first-order valence-corrected chi connectivity index (χ1v) is 15.6. The fraction of sp³-hybridized carbons (Fsp3) is 0.647. The fourth-order valence-corrected chi connectivity index (χ4v) is 7.03. The summed E-state index contributed by atoms with van der Waals surface area (Å²) in [7, 11) is 0.